The van der Waals surface area contributed by atoms with E-state index in [9.17, 15) is 4.79 Å². The predicted molar refractivity (Wildman–Crippen MR) is 99.4 cm³/mol. The second-order valence-corrected chi connectivity index (χ2v) is 7.22. The highest BCUT2D eigenvalue weighted by Gasteiger charge is 2.29. The molecule has 0 bridgehead atoms. The topological polar surface area (TPSA) is 61.4 Å². The first-order chi connectivity index (χ1) is 12.2. The van der Waals surface area contributed by atoms with Crippen molar-refractivity contribution in [3.8, 4) is 0 Å². The number of anilines is 1. The van der Waals surface area contributed by atoms with Crippen LogP contribution in [0.5, 0.6) is 0 Å². The second-order valence-electron chi connectivity index (χ2n) is 7.22. The first-order valence-corrected chi connectivity index (χ1v) is 9.78. The lowest BCUT2D eigenvalue weighted by Gasteiger charge is -2.38. The van der Waals surface area contributed by atoms with Crippen LogP contribution in [0.15, 0.2) is 12.4 Å². The maximum absolute atomic E-state index is 11.9. The lowest BCUT2D eigenvalue weighted by molar-refractivity contribution is -0.133. The molecule has 3 rings (SSSR count). The van der Waals surface area contributed by atoms with Crippen LogP contribution in [0.1, 0.15) is 51.5 Å². The molecule has 6 heteroatoms. The number of carbonyl (C=O) groups excluding carboxylic acids is 1. The molecule has 2 aliphatic heterocycles. The lowest BCUT2D eigenvalue weighted by Crippen LogP contribution is -2.50. The number of piperidine rings is 1. The Morgan fingerprint density at radius 3 is 2.56 bits per heavy atom. The van der Waals surface area contributed by atoms with Crippen LogP contribution in [-0.4, -0.2) is 53.0 Å². The number of carbonyl (C=O) groups is 1. The Morgan fingerprint density at radius 2 is 1.92 bits per heavy atom. The Morgan fingerprint density at radius 1 is 1.20 bits per heavy atom. The van der Waals surface area contributed by atoms with Gasteiger partial charge in [-0.3, -0.25) is 4.79 Å². The average molecular weight is 345 g/mol. The number of hydrogen-bond acceptors (Lipinski definition) is 5. The van der Waals surface area contributed by atoms with Crippen LogP contribution in [0, 0.1) is 5.92 Å². The zero-order valence-corrected chi connectivity index (χ0v) is 15.6. The molecule has 0 spiro atoms. The highest BCUT2D eigenvalue weighted by atomic mass is 16.2. The van der Waals surface area contributed by atoms with E-state index in [0.717, 1.165) is 57.1 Å². The summed E-state index contributed by atoms with van der Waals surface area (Å²) >= 11 is 0. The van der Waals surface area contributed by atoms with E-state index in [4.69, 9.17) is 0 Å². The number of amides is 1. The summed E-state index contributed by atoms with van der Waals surface area (Å²) in [6.07, 6.45) is 9.10. The fraction of sp³-hybridized carbons (Fsp3) is 0.737. The number of hydrogen-bond donors (Lipinski definition) is 1. The fourth-order valence-corrected chi connectivity index (χ4v) is 3.93. The van der Waals surface area contributed by atoms with Crippen molar-refractivity contribution in [1.82, 2.24) is 20.2 Å². The van der Waals surface area contributed by atoms with E-state index in [1.54, 1.807) is 0 Å². The molecule has 6 nitrogen and oxygen atoms in total. The fourth-order valence-electron chi connectivity index (χ4n) is 3.93. The van der Waals surface area contributed by atoms with Gasteiger partial charge in [-0.25, -0.2) is 9.97 Å². The van der Waals surface area contributed by atoms with Gasteiger partial charge in [-0.05, 0) is 25.2 Å². The zero-order chi connectivity index (χ0) is 17.6. The van der Waals surface area contributed by atoms with Gasteiger partial charge in [0.1, 0.15) is 0 Å². The Balaban J connectivity index is 1.51. The van der Waals surface area contributed by atoms with Crippen LogP contribution in [0.4, 0.5) is 5.95 Å². The third kappa shape index (κ3) is 4.48. The van der Waals surface area contributed by atoms with Gasteiger partial charge in [0, 0.05) is 63.1 Å². The van der Waals surface area contributed by atoms with E-state index in [-0.39, 0.29) is 5.91 Å². The number of nitrogens with zero attached hydrogens (tertiary/aromatic N) is 4. The summed E-state index contributed by atoms with van der Waals surface area (Å²) in [7, 11) is 0. The lowest BCUT2D eigenvalue weighted by atomic mass is 9.89. The zero-order valence-electron chi connectivity index (χ0n) is 15.6. The van der Waals surface area contributed by atoms with Crippen LogP contribution in [0.2, 0.25) is 0 Å². The number of nitrogens with one attached hydrogen (secondary N) is 1. The number of aromatic nitrogens is 2. The minimum absolute atomic E-state index is 0.280. The van der Waals surface area contributed by atoms with Crippen molar-refractivity contribution in [2.24, 2.45) is 5.92 Å². The molecule has 2 aliphatic rings. The Hall–Kier alpha value is -1.69. The summed E-state index contributed by atoms with van der Waals surface area (Å²) in [5.41, 5.74) is 1.13. The quantitative estimate of drug-likeness (QED) is 0.856. The van der Waals surface area contributed by atoms with Crippen LogP contribution in [0.3, 0.4) is 0 Å². The molecule has 138 valence electrons. The van der Waals surface area contributed by atoms with Crippen molar-refractivity contribution >= 4 is 11.9 Å². The number of likely N-dealkylation sites (tertiary alicyclic amines) is 1. The minimum atomic E-state index is 0.280. The van der Waals surface area contributed by atoms with Crippen LogP contribution in [-0.2, 0) is 11.3 Å². The Labute approximate surface area is 151 Å². The molecular weight excluding hydrogens is 314 g/mol. The van der Waals surface area contributed by atoms with Gasteiger partial charge in [0.05, 0.1) is 0 Å². The van der Waals surface area contributed by atoms with Gasteiger partial charge in [-0.15, -0.1) is 0 Å². The molecule has 0 unspecified atom stereocenters. The van der Waals surface area contributed by atoms with E-state index in [1.165, 1.54) is 12.8 Å². The van der Waals surface area contributed by atoms with Crippen molar-refractivity contribution in [3.63, 3.8) is 0 Å². The molecule has 2 fully saturated rings. The van der Waals surface area contributed by atoms with E-state index in [2.05, 4.69) is 27.1 Å². The SMILES string of the molecule is CCC(=O)N1CC[C@@H](NCc2cnc(N3CCCC3)nc2)[C@H](CC)C1. The molecule has 0 saturated carbocycles. The van der Waals surface area contributed by atoms with Gasteiger partial charge >= 0.3 is 0 Å². The van der Waals surface area contributed by atoms with Gasteiger partial charge in [0.25, 0.3) is 0 Å². The minimum Gasteiger partial charge on any atom is -0.342 e. The molecular formula is C19H31N5O. The van der Waals surface area contributed by atoms with Crippen molar-refractivity contribution in [3.05, 3.63) is 18.0 Å². The van der Waals surface area contributed by atoms with Crippen molar-refractivity contribution < 1.29 is 4.79 Å². The summed E-state index contributed by atoms with van der Waals surface area (Å²) < 4.78 is 0. The summed E-state index contributed by atoms with van der Waals surface area (Å²) in [5.74, 6) is 1.66. The standard InChI is InChI=1S/C19H31N5O/c1-3-16-14-24(18(25)4-2)10-7-17(16)20-11-15-12-21-19(22-13-15)23-8-5-6-9-23/h12-13,16-17,20H,3-11,14H2,1-2H3/t16-,17-/m1/s1. The average Bonchev–Trinajstić information content (AvgIpc) is 3.20. The highest BCUT2D eigenvalue weighted by molar-refractivity contribution is 5.75. The summed E-state index contributed by atoms with van der Waals surface area (Å²) in [5, 5.41) is 3.67. The predicted octanol–water partition coefficient (Wildman–Crippen LogP) is 2.20. The van der Waals surface area contributed by atoms with Crippen LogP contribution >= 0.6 is 0 Å². The molecule has 0 aromatic carbocycles. The van der Waals surface area contributed by atoms with Gasteiger partial charge in [-0.2, -0.15) is 0 Å². The van der Waals surface area contributed by atoms with Crippen LogP contribution in [0.25, 0.3) is 0 Å². The third-order valence-electron chi connectivity index (χ3n) is 5.56. The maximum atomic E-state index is 11.9. The molecule has 0 radical (unpaired) electrons. The van der Waals surface area contributed by atoms with Gasteiger partial charge < -0.3 is 15.1 Å². The largest absolute Gasteiger partial charge is 0.342 e. The first kappa shape index (κ1) is 18.1. The highest BCUT2D eigenvalue weighted by Crippen LogP contribution is 2.21. The van der Waals surface area contributed by atoms with E-state index in [0.29, 0.717) is 18.4 Å². The maximum Gasteiger partial charge on any atom is 0.225 e. The van der Waals surface area contributed by atoms with Gasteiger partial charge in [0.2, 0.25) is 11.9 Å². The second kappa shape index (κ2) is 8.61. The van der Waals surface area contributed by atoms with Gasteiger partial charge in [0.15, 0.2) is 0 Å². The molecule has 1 aromatic heterocycles. The van der Waals surface area contributed by atoms with Gasteiger partial charge in [-0.1, -0.05) is 20.3 Å². The molecule has 0 aliphatic carbocycles. The molecule has 2 atom stereocenters. The molecule has 3 heterocycles. The Kier molecular flexibility index (Phi) is 6.24. The van der Waals surface area contributed by atoms with Crippen LogP contribution < -0.4 is 10.2 Å². The number of rotatable bonds is 6. The smallest absolute Gasteiger partial charge is 0.225 e. The van der Waals surface area contributed by atoms with E-state index < -0.39 is 0 Å². The van der Waals surface area contributed by atoms with Crippen molar-refractivity contribution in [1.29, 1.82) is 0 Å². The Bertz CT molecular complexity index is 555. The summed E-state index contributed by atoms with van der Waals surface area (Å²) in [4.78, 5) is 25.3. The van der Waals surface area contributed by atoms with Crippen molar-refractivity contribution in [2.75, 3.05) is 31.1 Å². The summed E-state index contributed by atoms with van der Waals surface area (Å²) in [6, 6.07) is 0.462. The molecule has 1 N–H and O–H groups in total. The normalized spacial score (nSPS) is 23.9. The third-order valence-corrected chi connectivity index (χ3v) is 5.56. The molecule has 25 heavy (non-hydrogen) atoms. The van der Waals surface area contributed by atoms with E-state index >= 15 is 0 Å². The molecule has 1 amide bonds. The molecule has 1 aromatic rings. The van der Waals surface area contributed by atoms with E-state index in [1.807, 2.05) is 24.2 Å². The molecule has 2 saturated heterocycles. The monoisotopic (exact) mass is 345 g/mol. The van der Waals surface area contributed by atoms with Crippen molar-refractivity contribution in [2.45, 2.75) is 58.5 Å². The first-order valence-electron chi connectivity index (χ1n) is 9.78. The summed E-state index contributed by atoms with van der Waals surface area (Å²) in [6.45, 7) is 8.85.